The molecule has 0 aromatic heterocycles. The van der Waals surface area contributed by atoms with Crippen LogP contribution in [-0.2, 0) is 0 Å². The van der Waals surface area contributed by atoms with Gasteiger partial charge >= 0.3 is 0 Å². The monoisotopic (exact) mass is 234 g/mol. The fraction of sp³-hybridized carbons (Fsp3) is 0.600. The van der Waals surface area contributed by atoms with E-state index >= 15 is 0 Å². The summed E-state index contributed by atoms with van der Waals surface area (Å²) in [5.74, 6) is 1.51. The first-order valence-electron chi connectivity index (χ1n) is 6.44. The van der Waals surface area contributed by atoms with Gasteiger partial charge in [0.25, 0.3) is 0 Å². The van der Waals surface area contributed by atoms with Crippen LogP contribution in [0, 0.1) is 11.8 Å². The molecule has 0 aliphatic carbocycles. The SMILES string of the molecule is CC=N\C=C(C)/C=N/C=C/CC(C)C(C)CC. The Bertz CT molecular complexity index is 298. The van der Waals surface area contributed by atoms with Crippen molar-refractivity contribution in [1.82, 2.24) is 0 Å². The molecule has 2 unspecified atom stereocenters. The van der Waals surface area contributed by atoms with E-state index in [1.807, 2.05) is 26.3 Å². The smallest absolute Gasteiger partial charge is 0.0312 e. The van der Waals surface area contributed by atoms with Gasteiger partial charge in [-0.3, -0.25) is 9.98 Å². The Labute approximate surface area is 106 Å². The minimum absolute atomic E-state index is 0.729. The maximum absolute atomic E-state index is 4.23. The van der Waals surface area contributed by atoms with Crippen LogP contribution in [0.5, 0.6) is 0 Å². The summed E-state index contributed by atoms with van der Waals surface area (Å²) in [5.41, 5.74) is 1.06. The van der Waals surface area contributed by atoms with Crippen LogP contribution in [0.1, 0.15) is 47.5 Å². The van der Waals surface area contributed by atoms with Crippen molar-refractivity contribution in [3.05, 3.63) is 24.0 Å². The second-order valence-corrected chi connectivity index (χ2v) is 4.54. The van der Waals surface area contributed by atoms with E-state index in [0.717, 1.165) is 23.8 Å². The van der Waals surface area contributed by atoms with Crippen LogP contribution in [0.4, 0.5) is 0 Å². The van der Waals surface area contributed by atoms with Crippen molar-refractivity contribution in [3.63, 3.8) is 0 Å². The Hall–Kier alpha value is -1.18. The Morgan fingerprint density at radius 3 is 2.47 bits per heavy atom. The van der Waals surface area contributed by atoms with Gasteiger partial charge < -0.3 is 0 Å². The number of hydrogen-bond donors (Lipinski definition) is 0. The fourth-order valence-electron chi connectivity index (χ4n) is 1.36. The molecule has 0 aromatic carbocycles. The molecule has 0 saturated carbocycles. The van der Waals surface area contributed by atoms with Gasteiger partial charge in [-0.15, -0.1) is 0 Å². The van der Waals surface area contributed by atoms with Crippen molar-refractivity contribution in [2.75, 3.05) is 0 Å². The lowest BCUT2D eigenvalue weighted by Gasteiger charge is -2.15. The fourth-order valence-corrected chi connectivity index (χ4v) is 1.36. The molecule has 0 amide bonds. The highest BCUT2D eigenvalue weighted by atomic mass is 14.7. The van der Waals surface area contributed by atoms with Crippen molar-refractivity contribution in [3.8, 4) is 0 Å². The average molecular weight is 234 g/mol. The number of rotatable bonds is 7. The Morgan fingerprint density at radius 1 is 1.18 bits per heavy atom. The van der Waals surface area contributed by atoms with Crippen molar-refractivity contribution in [1.29, 1.82) is 0 Å². The summed E-state index contributed by atoms with van der Waals surface area (Å²) in [6, 6.07) is 0. The number of hydrogen-bond acceptors (Lipinski definition) is 2. The lowest BCUT2D eigenvalue weighted by Crippen LogP contribution is -2.04. The molecule has 0 radical (unpaired) electrons. The minimum Gasteiger partial charge on any atom is -0.269 e. The van der Waals surface area contributed by atoms with Gasteiger partial charge in [0.1, 0.15) is 0 Å². The van der Waals surface area contributed by atoms with E-state index < -0.39 is 0 Å². The molecule has 17 heavy (non-hydrogen) atoms. The second kappa shape index (κ2) is 10.0. The largest absolute Gasteiger partial charge is 0.269 e. The summed E-state index contributed by atoms with van der Waals surface area (Å²) in [5, 5.41) is 0. The van der Waals surface area contributed by atoms with Crippen molar-refractivity contribution in [2.24, 2.45) is 21.8 Å². The minimum atomic E-state index is 0.729. The molecule has 0 N–H and O–H groups in total. The quantitative estimate of drug-likeness (QED) is 0.573. The molecular formula is C15H26N2. The lowest BCUT2D eigenvalue weighted by molar-refractivity contribution is 0.380. The van der Waals surface area contributed by atoms with E-state index in [-0.39, 0.29) is 0 Å². The summed E-state index contributed by atoms with van der Waals surface area (Å²) in [6.07, 6.45) is 11.8. The maximum Gasteiger partial charge on any atom is 0.0312 e. The molecule has 0 fully saturated rings. The molecule has 0 aromatic rings. The number of allylic oxidation sites excluding steroid dienone is 2. The van der Waals surface area contributed by atoms with Crippen LogP contribution >= 0.6 is 0 Å². The van der Waals surface area contributed by atoms with Crippen molar-refractivity contribution < 1.29 is 0 Å². The average Bonchev–Trinajstić information content (AvgIpc) is 2.34. The third-order valence-corrected chi connectivity index (χ3v) is 3.02. The van der Waals surface area contributed by atoms with E-state index in [0.29, 0.717) is 0 Å². The van der Waals surface area contributed by atoms with Gasteiger partial charge in [-0.25, -0.2) is 0 Å². The molecule has 0 rings (SSSR count). The van der Waals surface area contributed by atoms with E-state index in [2.05, 4.69) is 36.8 Å². The van der Waals surface area contributed by atoms with Gasteiger partial charge in [0.05, 0.1) is 0 Å². The molecule has 0 aliphatic heterocycles. The first kappa shape index (κ1) is 15.8. The third-order valence-electron chi connectivity index (χ3n) is 3.02. The van der Waals surface area contributed by atoms with E-state index in [1.165, 1.54) is 6.42 Å². The van der Waals surface area contributed by atoms with Crippen LogP contribution < -0.4 is 0 Å². The number of aliphatic imine (C=N–C) groups is 2. The molecule has 2 heteroatoms. The van der Waals surface area contributed by atoms with Gasteiger partial charge in [-0.05, 0) is 37.7 Å². The molecule has 0 bridgehead atoms. The van der Waals surface area contributed by atoms with Gasteiger partial charge in [-0.2, -0.15) is 0 Å². The van der Waals surface area contributed by atoms with Gasteiger partial charge in [-0.1, -0.05) is 33.3 Å². The molecular weight excluding hydrogens is 208 g/mol. The van der Waals surface area contributed by atoms with E-state index in [4.69, 9.17) is 0 Å². The first-order valence-corrected chi connectivity index (χ1v) is 6.44. The third kappa shape index (κ3) is 8.61. The van der Waals surface area contributed by atoms with Gasteiger partial charge in [0.2, 0.25) is 0 Å². The van der Waals surface area contributed by atoms with Crippen molar-refractivity contribution in [2.45, 2.75) is 47.5 Å². The van der Waals surface area contributed by atoms with Crippen molar-refractivity contribution >= 4 is 12.4 Å². The van der Waals surface area contributed by atoms with Gasteiger partial charge in [0, 0.05) is 24.8 Å². The van der Waals surface area contributed by atoms with Crippen LogP contribution in [0.25, 0.3) is 0 Å². The van der Waals surface area contributed by atoms with Crippen LogP contribution in [0.15, 0.2) is 34.0 Å². The summed E-state index contributed by atoms with van der Waals surface area (Å²) >= 11 is 0. The highest BCUT2D eigenvalue weighted by molar-refractivity contribution is 5.78. The molecule has 96 valence electrons. The molecule has 0 saturated heterocycles. The maximum atomic E-state index is 4.23. The molecule has 0 spiro atoms. The predicted molar refractivity (Wildman–Crippen MR) is 78.8 cm³/mol. The highest BCUT2D eigenvalue weighted by Crippen LogP contribution is 2.18. The number of nitrogens with zero attached hydrogens (tertiary/aromatic N) is 2. The van der Waals surface area contributed by atoms with Crippen LogP contribution in [0.3, 0.4) is 0 Å². The molecule has 2 nitrogen and oxygen atoms in total. The summed E-state index contributed by atoms with van der Waals surface area (Å²) in [6.45, 7) is 10.7. The zero-order valence-corrected chi connectivity index (χ0v) is 11.9. The van der Waals surface area contributed by atoms with Crippen LogP contribution in [0.2, 0.25) is 0 Å². The topological polar surface area (TPSA) is 24.7 Å². The Morgan fingerprint density at radius 2 is 1.88 bits per heavy atom. The first-order chi connectivity index (χ1) is 8.11. The molecule has 0 aliphatic rings. The summed E-state index contributed by atoms with van der Waals surface area (Å²) in [4.78, 5) is 8.26. The highest BCUT2D eigenvalue weighted by Gasteiger charge is 2.07. The van der Waals surface area contributed by atoms with Crippen LogP contribution in [-0.4, -0.2) is 12.4 Å². The molecule has 0 heterocycles. The molecule has 2 atom stereocenters. The Kier molecular flexibility index (Phi) is 9.31. The van der Waals surface area contributed by atoms with Gasteiger partial charge in [0.15, 0.2) is 0 Å². The summed E-state index contributed by atoms with van der Waals surface area (Å²) in [7, 11) is 0. The van der Waals surface area contributed by atoms with E-state index in [9.17, 15) is 0 Å². The standard InChI is InChI=1S/C15H26N2/c1-6-14(4)15(5)9-8-10-17-12-13(3)11-16-7-2/h7-8,10-12,14-15H,6,9H2,1-5H3/b10-8+,13-11-,16-7?,17-12+. The van der Waals surface area contributed by atoms with E-state index in [1.54, 1.807) is 12.4 Å². The normalized spacial score (nSPS) is 17.4. The zero-order valence-electron chi connectivity index (χ0n) is 11.9. The lowest BCUT2D eigenvalue weighted by atomic mass is 9.91. The Balaban J connectivity index is 3.99. The second-order valence-electron chi connectivity index (χ2n) is 4.54. The zero-order chi connectivity index (χ0) is 13.1. The predicted octanol–water partition coefficient (Wildman–Crippen LogP) is 4.64. The summed E-state index contributed by atoms with van der Waals surface area (Å²) < 4.78 is 0.